The van der Waals surface area contributed by atoms with E-state index in [9.17, 15) is 8.42 Å². The third kappa shape index (κ3) is 3.95. The van der Waals surface area contributed by atoms with Crippen LogP contribution >= 0.6 is 27.5 Å². The summed E-state index contributed by atoms with van der Waals surface area (Å²) in [5, 5.41) is 0.383. The van der Waals surface area contributed by atoms with Crippen LogP contribution < -0.4 is 0 Å². The molecule has 0 aliphatic rings. The molecule has 3 nitrogen and oxygen atoms in total. The van der Waals surface area contributed by atoms with Crippen LogP contribution in [-0.4, -0.2) is 20.8 Å². The molecule has 0 aliphatic heterocycles. The topological polar surface area (TPSA) is 43.4 Å². The van der Waals surface area contributed by atoms with Gasteiger partial charge in [-0.1, -0.05) is 11.6 Å². The normalized spacial score (nSPS) is 12.1. The van der Waals surface area contributed by atoms with Crippen molar-refractivity contribution < 1.29 is 13.2 Å². The Labute approximate surface area is 115 Å². The molecule has 0 aromatic heterocycles. The number of hydrogen-bond acceptors (Lipinski definition) is 3. The molecule has 1 aromatic carbocycles. The Balaban J connectivity index is 3.27. The predicted octanol–water partition coefficient (Wildman–Crippen LogP) is 3.43. The molecule has 0 bridgehead atoms. The highest BCUT2D eigenvalue weighted by molar-refractivity contribution is 9.10. The summed E-state index contributed by atoms with van der Waals surface area (Å²) in [6.07, 6.45) is 1.17. The Hall–Kier alpha value is -0.100. The highest BCUT2D eigenvalue weighted by Crippen LogP contribution is 2.32. The highest BCUT2D eigenvalue weighted by Gasteiger charge is 2.18. The monoisotopic (exact) mass is 340 g/mol. The maximum absolute atomic E-state index is 11.6. The molecule has 0 amide bonds. The van der Waals surface area contributed by atoms with Crippen molar-refractivity contribution in [2.75, 3.05) is 6.26 Å². The number of halogens is 2. The summed E-state index contributed by atoms with van der Waals surface area (Å²) in [5.41, 5.74) is 0.497. The molecule has 0 saturated carbocycles. The molecule has 6 heteroatoms. The summed E-state index contributed by atoms with van der Waals surface area (Å²) < 4.78 is 29.4. The summed E-state index contributed by atoms with van der Waals surface area (Å²) >= 11 is 9.37. The lowest BCUT2D eigenvalue weighted by molar-refractivity contribution is 0.0644. The fraction of sp³-hybridized carbons (Fsp3) is 0.455. The van der Waals surface area contributed by atoms with Gasteiger partial charge in [0.2, 0.25) is 0 Å². The minimum Gasteiger partial charge on any atom is -0.374 e. The van der Waals surface area contributed by atoms with E-state index in [1.165, 1.54) is 6.07 Å². The van der Waals surface area contributed by atoms with Crippen LogP contribution in [0.4, 0.5) is 0 Å². The zero-order chi connectivity index (χ0) is 13.2. The van der Waals surface area contributed by atoms with Crippen LogP contribution in [0.1, 0.15) is 19.4 Å². The van der Waals surface area contributed by atoms with E-state index in [0.717, 1.165) is 6.26 Å². The second-order valence-corrected chi connectivity index (χ2v) is 7.19. The Kier molecular flexibility index (Phi) is 5.01. The van der Waals surface area contributed by atoms with E-state index in [2.05, 4.69) is 15.9 Å². The predicted molar refractivity (Wildman–Crippen MR) is 72.2 cm³/mol. The van der Waals surface area contributed by atoms with Gasteiger partial charge in [-0.3, -0.25) is 0 Å². The first kappa shape index (κ1) is 15.0. The number of hydrogen-bond donors (Lipinski definition) is 0. The van der Waals surface area contributed by atoms with Crippen LogP contribution in [-0.2, 0) is 21.2 Å². The van der Waals surface area contributed by atoms with E-state index in [4.69, 9.17) is 16.3 Å². The molecular weight excluding hydrogens is 328 g/mol. The minimum atomic E-state index is -3.31. The molecule has 96 valence electrons. The number of sulfone groups is 1. The second-order valence-electron chi connectivity index (χ2n) is 3.97. The maximum atomic E-state index is 11.6. The van der Waals surface area contributed by atoms with Crippen molar-refractivity contribution >= 4 is 37.4 Å². The van der Waals surface area contributed by atoms with Crippen molar-refractivity contribution in [3.8, 4) is 0 Å². The van der Waals surface area contributed by atoms with E-state index in [1.807, 2.05) is 13.8 Å². The van der Waals surface area contributed by atoms with E-state index in [-0.39, 0.29) is 17.6 Å². The van der Waals surface area contributed by atoms with E-state index < -0.39 is 9.84 Å². The van der Waals surface area contributed by atoms with Crippen LogP contribution in [0, 0.1) is 0 Å². The van der Waals surface area contributed by atoms with Gasteiger partial charge < -0.3 is 4.74 Å². The summed E-state index contributed by atoms with van der Waals surface area (Å²) in [6, 6.07) is 3.15. The zero-order valence-corrected chi connectivity index (χ0v) is 13.0. The van der Waals surface area contributed by atoms with Crippen molar-refractivity contribution in [3.05, 3.63) is 27.2 Å². The van der Waals surface area contributed by atoms with Crippen LogP contribution in [0.25, 0.3) is 0 Å². The zero-order valence-electron chi connectivity index (χ0n) is 9.83. The fourth-order valence-electron chi connectivity index (χ4n) is 1.31. The second kappa shape index (κ2) is 5.69. The van der Waals surface area contributed by atoms with Gasteiger partial charge in [0.1, 0.15) is 0 Å². The van der Waals surface area contributed by atoms with Crippen LogP contribution in [0.3, 0.4) is 0 Å². The minimum absolute atomic E-state index is 0.0115. The Morgan fingerprint density at radius 1 is 1.41 bits per heavy atom. The molecule has 0 radical (unpaired) electrons. The molecule has 1 rings (SSSR count). The quantitative estimate of drug-likeness (QED) is 0.842. The van der Waals surface area contributed by atoms with Crippen LogP contribution in [0.15, 0.2) is 21.5 Å². The first-order chi connectivity index (χ1) is 7.73. The van der Waals surface area contributed by atoms with Crippen molar-refractivity contribution in [1.82, 2.24) is 0 Å². The molecule has 0 heterocycles. The largest absolute Gasteiger partial charge is 0.374 e. The SMILES string of the molecule is CC(C)OCc1c(S(C)(=O)=O)ccc(Br)c1Cl. The maximum Gasteiger partial charge on any atom is 0.175 e. The van der Waals surface area contributed by atoms with Crippen molar-refractivity contribution in [1.29, 1.82) is 0 Å². The Bertz CT molecular complexity index is 512. The smallest absolute Gasteiger partial charge is 0.175 e. The molecule has 1 aromatic rings. The number of ether oxygens (including phenoxy) is 1. The summed E-state index contributed by atoms with van der Waals surface area (Å²) in [5.74, 6) is 0. The molecule has 0 spiro atoms. The van der Waals surface area contributed by atoms with E-state index in [0.29, 0.717) is 15.1 Å². The lowest BCUT2D eigenvalue weighted by atomic mass is 10.2. The number of benzene rings is 1. The standard InChI is InChI=1S/C11H14BrClO3S/c1-7(2)16-6-8-10(17(3,14)15)5-4-9(12)11(8)13/h4-5,7H,6H2,1-3H3. The Morgan fingerprint density at radius 2 is 2.00 bits per heavy atom. The van der Waals surface area contributed by atoms with Gasteiger partial charge in [-0.25, -0.2) is 8.42 Å². The summed E-state index contributed by atoms with van der Waals surface area (Å²) in [7, 11) is -3.31. The first-order valence-electron chi connectivity index (χ1n) is 5.02. The average Bonchev–Trinajstić information content (AvgIpc) is 2.18. The van der Waals surface area contributed by atoms with Crippen molar-refractivity contribution in [2.24, 2.45) is 0 Å². The lowest BCUT2D eigenvalue weighted by Gasteiger charge is -2.13. The van der Waals surface area contributed by atoms with Crippen molar-refractivity contribution in [2.45, 2.75) is 31.5 Å². The summed E-state index contributed by atoms with van der Waals surface area (Å²) in [4.78, 5) is 0.214. The van der Waals surface area contributed by atoms with Gasteiger partial charge in [0.15, 0.2) is 9.84 Å². The lowest BCUT2D eigenvalue weighted by Crippen LogP contribution is -2.08. The van der Waals surface area contributed by atoms with Gasteiger partial charge in [0.25, 0.3) is 0 Å². The van der Waals surface area contributed by atoms with Gasteiger partial charge in [0, 0.05) is 16.3 Å². The molecule has 0 fully saturated rings. The third-order valence-electron chi connectivity index (χ3n) is 2.11. The highest BCUT2D eigenvalue weighted by atomic mass is 79.9. The third-order valence-corrected chi connectivity index (χ3v) is 4.62. The van der Waals surface area contributed by atoms with E-state index in [1.54, 1.807) is 6.07 Å². The molecule has 0 unspecified atom stereocenters. The van der Waals surface area contributed by atoms with Gasteiger partial charge in [-0.15, -0.1) is 0 Å². The average molecular weight is 342 g/mol. The first-order valence-corrected chi connectivity index (χ1v) is 8.08. The number of rotatable bonds is 4. The molecule has 17 heavy (non-hydrogen) atoms. The van der Waals surface area contributed by atoms with Gasteiger partial charge in [0.05, 0.1) is 22.6 Å². The van der Waals surface area contributed by atoms with Gasteiger partial charge in [-0.2, -0.15) is 0 Å². The fourth-order valence-corrected chi connectivity index (χ4v) is 2.88. The molecule has 0 saturated heterocycles. The molecule has 0 atom stereocenters. The van der Waals surface area contributed by atoms with Crippen LogP contribution in [0.5, 0.6) is 0 Å². The van der Waals surface area contributed by atoms with Crippen molar-refractivity contribution in [3.63, 3.8) is 0 Å². The van der Waals surface area contributed by atoms with E-state index >= 15 is 0 Å². The Morgan fingerprint density at radius 3 is 2.47 bits per heavy atom. The molecular formula is C11H14BrClO3S. The van der Waals surface area contributed by atoms with Gasteiger partial charge >= 0.3 is 0 Å². The summed E-state index contributed by atoms with van der Waals surface area (Å²) in [6.45, 7) is 3.94. The molecule has 0 aliphatic carbocycles. The van der Waals surface area contributed by atoms with Gasteiger partial charge in [-0.05, 0) is 41.9 Å². The molecule has 0 N–H and O–H groups in total. The van der Waals surface area contributed by atoms with Crippen LogP contribution in [0.2, 0.25) is 5.02 Å².